The molecule has 0 atom stereocenters. The number of benzene rings is 1. The lowest BCUT2D eigenvalue weighted by molar-refractivity contribution is 0.293. The lowest BCUT2D eigenvalue weighted by Crippen LogP contribution is -1.98. The molecule has 1 aromatic heterocycles. The molecule has 0 saturated carbocycles. The number of aryl methyl sites for hydroxylation is 1. The van der Waals surface area contributed by atoms with Crippen molar-refractivity contribution in [1.82, 2.24) is 4.98 Å². The van der Waals surface area contributed by atoms with Crippen LogP contribution in [-0.2, 0) is 6.61 Å². The molecular formula is C14H14BrNO2. The molecule has 0 aliphatic carbocycles. The maximum absolute atomic E-state index is 5.63. The second-order valence-corrected chi connectivity index (χ2v) is 4.71. The second-order valence-electron chi connectivity index (χ2n) is 3.85. The SMILES string of the molecule is COc1ccc(COc2ccc(Br)c(C)n2)cc1. The smallest absolute Gasteiger partial charge is 0.213 e. The molecule has 1 heterocycles. The molecule has 3 nitrogen and oxygen atoms in total. The largest absolute Gasteiger partial charge is 0.497 e. The normalized spacial score (nSPS) is 10.2. The van der Waals surface area contributed by atoms with Gasteiger partial charge in [-0.2, -0.15) is 0 Å². The summed E-state index contributed by atoms with van der Waals surface area (Å²) in [6.07, 6.45) is 0. The van der Waals surface area contributed by atoms with E-state index in [4.69, 9.17) is 9.47 Å². The fourth-order valence-corrected chi connectivity index (χ4v) is 1.70. The lowest BCUT2D eigenvalue weighted by atomic mass is 10.2. The Morgan fingerprint density at radius 1 is 1.11 bits per heavy atom. The highest BCUT2D eigenvalue weighted by molar-refractivity contribution is 9.10. The Balaban J connectivity index is 1.99. The van der Waals surface area contributed by atoms with E-state index >= 15 is 0 Å². The van der Waals surface area contributed by atoms with Crippen molar-refractivity contribution in [1.29, 1.82) is 0 Å². The Morgan fingerprint density at radius 2 is 1.83 bits per heavy atom. The number of ether oxygens (including phenoxy) is 2. The van der Waals surface area contributed by atoms with E-state index in [0.717, 1.165) is 21.5 Å². The van der Waals surface area contributed by atoms with Gasteiger partial charge in [-0.1, -0.05) is 12.1 Å². The summed E-state index contributed by atoms with van der Waals surface area (Å²) in [7, 11) is 1.65. The number of pyridine rings is 1. The van der Waals surface area contributed by atoms with E-state index in [9.17, 15) is 0 Å². The molecule has 18 heavy (non-hydrogen) atoms. The highest BCUT2D eigenvalue weighted by Gasteiger charge is 2.01. The van der Waals surface area contributed by atoms with Gasteiger partial charge in [0, 0.05) is 10.5 Å². The van der Waals surface area contributed by atoms with Gasteiger partial charge in [0.1, 0.15) is 12.4 Å². The van der Waals surface area contributed by atoms with Gasteiger partial charge in [-0.05, 0) is 46.6 Å². The number of hydrogen-bond acceptors (Lipinski definition) is 3. The minimum atomic E-state index is 0.498. The molecule has 0 saturated heterocycles. The standard InChI is InChI=1S/C14H14BrNO2/c1-10-13(15)7-8-14(16-10)18-9-11-3-5-12(17-2)6-4-11/h3-8H,9H2,1-2H3. The summed E-state index contributed by atoms with van der Waals surface area (Å²) >= 11 is 3.41. The van der Waals surface area contributed by atoms with Crippen molar-refractivity contribution in [3.8, 4) is 11.6 Å². The zero-order chi connectivity index (χ0) is 13.0. The second kappa shape index (κ2) is 5.87. The summed E-state index contributed by atoms with van der Waals surface area (Å²) in [5, 5.41) is 0. The minimum Gasteiger partial charge on any atom is -0.497 e. The predicted octanol–water partition coefficient (Wildman–Crippen LogP) is 3.74. The van der Waals surface area contributed by atoms with E-state index in [1.165, 1.54) is 0 Å². The van der Waals surface area contributed by atoms with E-state index in [0.29, 0.717) is 12.5 Å². The van der Waals surface area contributed by atoms with Crippen LogP contribution in [0.3, 0.4) is 0 Å². The van der Waals surface area contributed by atoms with Crippen LogP contribution in [0.2, 0.25) is 0 Å². The molecule has 0 bridgehead atoms. The molecule has 2 rings (SSSR count). The molecule has 0 aliphatic heterocycles. The van der Waals surface area contributed by atoms with Crippen molar-refractivity contribution in [3.63, 3.8) is 0 Å². The number of methoxy groups -OCH3 is 1. The number of rotatable bonds is 4. The van der Waals surface area contributed by atoms with Crippen LogP contribution in [0.1, 0.15) is 11.3 Å². The Kier molecular flexibility index (Phi) is 4.20. The summed E-state index contributed by atoms with van der Waals surface area (Å²) in [6, 6.07) is 11.6. The summed E-state index contributed by atoms with van der Waals surface area (Å²) in [5.74, 6) is 1.47. The Morgan fingerprint density at radius 3 is 2.44 bits per heavy atom. The molecule has 0 radical (unpaired) electrons. The molecule has 2 aromatic rings. The summed E-state index contributed by atoms with van der Waals surface area (Å²) < 4.78 is 11.7. The van der Waals surface area contributed by atoms with Gasteiger partial charge in [-0.3, -0.25) is 0 Å². The molecular weight excluding hydrogens is 294 g/mol. The van der Waals surface area contributed by atoms with Crippen molar-refractivity contribution in [2.75, 3.05) is 7.11 Å². The fraction of sp³-hybridized carbons (Fsp3) is 0.214. The van der Waals surface area contributed by atoms with Gasteiger partial charge in [0.15, 0.2) is 0 Å². The van der Waals surface area contributed by atoms with Crippen LogP contribution in [0.4, 0.5) is 0 Å². The highest BCUT2D eigenvalue weighted by Crippen LogP contribution is 2.19. The number of nitrogens with zero attached hydrogens (tertiary/aromatic N) is 1. The zero-order valence-corrected chi connectivity index (χ0v) is 11.9. The van der Waals surface area contributed by atoms with Crippen molar-refractivity contribution in [3.05, 3.63) is 52.1 Å². The van der Waals surface area contributed by atoms with Gasteiger partial charge in [0.05, 0.1) is 12.8 Å². The number of halogens is 1. The van der Waals surface area contributed by atoms with E-state index in [1.807, 2.05) is 43.3 Å². The van der Waals surface area contributed by atoms with E-state index in [2.05, 4.69) is 20.9 Å². The van der Waals surface area contributed by atoms with Crippen LogP contribution in [0.25, 0.3) is 0 Å². The third-order valence-corrected chi connectivity index (χ3v) is 3.38. The first kappa shape index (κ1) is 12.9. The predicted molar refractivity (Wildman–Crippen MR) is 74.0 cm³/mol. The Labute approximate surface area is 115 Å². The van der Waals surface area contributed by atoms with Crippen LogP contribution < -0.4 is 9.47 Å². The van der Waals surface area contributed by atoms with Gasteiger partial charge in [-0.15, -0.1) is 0 Å². The topological polar surface area (TPSA) is 31.4 Å². The summed E-state index contributed by atoms with van der Waals surface area (Å²) in [6.45, 7) is 2.43. The van der Waals surface area contributed by atoms with Crippen molar-refractivity contribution in [2.24, 2.45) is 0 Å². The quantitative estimate of drug-likeness (QED) is 0.862. The number of aromatic nitrogens is 1. The van der Waals surface area contributed by atoms with Crippen LogP contribution >= 0.6 is 15.9 Å². The maximum Gasteiger partial charge on any atom is 0.213 e. The first-order chi connectivity index (χ1) is 8.69. The molecule has 0 spiro atoms. The molecule has 4 heteroatoms. The van der Waals surface area contributed by atoms with Crippen LogP contribution in [0.15, 0.2) is 40.9 Å². The minimum absolute atomic E-state index is 0.498. The molecule has 0 amide bonds. The van der Waals surface area contributed by atoms with E-state index in [1.54, 1.807) is 7.11 Å². The summed E-state index contributed by atoms with van der Waals surface area (Å²) in [4.78, 5) is 4.33. The van der Waals surface area contributed by atoms with E-state index in [-0.39, 0.29) is 0 Å². The van der Waals surface area contributed by atoms with Crippen LogP contribution in [-0.4, -0.2) is 12.1 Å². The third kappa shape index (κ3) is 3.23. The first-order valence-electron chi connectivity index (χ1n) is 5.58. The molecule has 0 N–H and O–H groups in total. The molecule has 0 unspecified atom stereocenters. The van der Waals surface area contributed by atoms with Crippen LogP contribution in [0.5, 0.6) is 11.6 Å². The van der Waals surface area contributed by atoms with Gasteiger partial charge in [0.25, 0.3) is 0 Å². The molecule has 1 aromatic carbocycles. The Bertz CT molecular complexity index is 526. The molecule has 94 valence electrons. The molecule has 0 aliphatic rings. The molecule has 0 fully saturated rings. The summed E-state index contributed by atoms with van der Waals surface area (Å²) in [5.41, 5.74) is 2.00. The Hall–Kier alpha value is -1.55. The number of hydrogen-bond donors (Lipinski definition) is 0. The van der Waals surface area contributed by atoms with Gasteiger partial charge in [0.2, 0.25) is 5.88 Å². The monoisotopic (exact) mass is 307 g/mol. The highest BCUT2D eigenvalue weighted by atomic mass is 79.9. The van der Waals surface area contributed by atoms with Crippen molar-refractivity contribution in [2.45, 2.75) is 13.5 Å². The third-order valence-electron chi connectivity index (χ3n) is 2.54. The average molecular weight is 308 g/mol. The fourth-order valence-electron chi connectivity index (χ4n) is 1.48. The van der Waals surface area contributed by atoms with Crippen molar-refractivity contribution >= 4 is 15.9 Å². The van der Waals surface area contributed by atoms with Crippen LogP contribution in [0, 0.1) is 6.92 Å². The van der Waals surface area contributed by atoms with Gasteiger partial charge in [-0.25, -0.2) is 4.98 Å². The van der Waals surface area contributed by atoms with Gasteiger partial charge < -0.3 is 9.47 Å². The lowest BCUT2D eigenvalue weighted by Gasteiger charge is -2.07. The van der Waals surface area contributed by atoms with Gasteiger partial charge >= 0.3 is 0 Å². The first-order valence-corrected chi connectivity index (χ1v) is 6.37. The average Bonchev–Trinajstić information content (AvgIpc) is 2.41. The van der Waals surface area contributed by atoms with E-state index < -0.39 is 0 Å². The van der Waals surface area contributed by atoms with Crippen molar-refractivity contribution < 1.29 is 9.47 Å². The maximum atomic E-state index is 5.63. The zero-order valence-electron chi connectivity index (χ0n) is 10.3.